The van der Waals surface area contributed by atoms with Gasteiger partial charge in [-0.3, -0.25) is 9.59 Å². The van der Waals surface area contributed by atoms with E-state index in [1.54, 1.807) is 18.9 Å². The molecular weight excluding hydrogens is 372 g/mol. The SMILES string of the molecule is C=CCCCCN(C)C(=O)[C@@H]1C[C@H](O)C[C@H]1C(=O)N[C@]1(C(=O)OCC)C[C@H]1CC. The molecule has 0 heterocycles. The summed E-state index contributed by atoms with van der Waals surface area (Å²) < 4.78 is 5.18. The number of carbonyl (C=O) groups is 3. The van der Waals surface area contributed by atoms with E-state index in [1.165, 1.54) is 0 Å². The summed E-state index contributed by atoms with van der Waals surface area (Å²) in [7, 11) is 1.74. The van der Waals surface area contributed by atoms with Gasteiger partial charge in [-0.15, -0.1) is 6.58 Å². The molecule has 2 amide bonds. The monoisotopic (exact) mass is 408 g/mol. The highest BCUT2D eigenvalue weighted by atomic mass is 16.5. The average molecular weight is 409 g/mol. The summed E-state index contributed by atoms with van der Waals surface area (Å²) in [6.45, 7) is 8.28. The van der Waals surface area contributed by atoms with Gasteiger partial charge in [0.15, 0.2) is 0 Å². The van der Waals surface area contributed by atoms with Gasteiger partial charge in [-0.05, 0) is 51.4 Å². The Morgan fingerprint density at radius 2 is 1.93 bits per heavy atom. The van der Waals surface area contributed by atoms with Crippen LogP contribution < -0.4 is 5.32 Å². The molecule has 29 heavy (non-hydrogen) atoms. The number of aliphatic hydroxyl groups excluding tert-OH is 1. The van der Waals surface area contributed by atoms with E-state index in [9.17, 15) is 19.5 Å². The molecule has 0 bridgehead atoms. The molecule has 0 unspecified atom stereocenters. The lowest BCUT2D eigenvalue weighted by Crippen LogP contribution is -2.50. The fourth-order valence-electron chi connectivity index (χ4n) is 4.45. The molecule has 5 atom stereocenters. The van der Waals surface area contributed by atoms with E-state index in [0.29, 0.717) is 13.0 Å². The molecule has 0 aliphatic heterocycles. The first-order valence-electron chi connectivity index (χ1n) is 10.8. The number of aliphatic hydroxyl groups is 1. The lowest BCUT2D eigenvalue weighted by Gasteiger charge is -2.26. The highest BCUT2D eigenvalue weighted by Gasteiger charge is 2.62. The molecule has 0 spiro atoms. The van der Waals surface area contributed by atoms with Crippen LogP contribution >= 0.6 is 0 Å². The van der Waals surface area contributed by atoms with Crippen LogP contribution in [0.15, 0.2) is 12.7 Å². The maximum atomic E-state index is 13.0. The largest absolute Gasteiger partial charge is 0.464 e. The van der Waals surface area contributed by atoms with Crippen molar-refractivity contribution < 1.29 is 24.2 Å². The number of esters is 1. The number of unbranched alkanes of at least 4 members (excludes halogenated alkanes) is 2. The molecule has 164 valence electrons. The van der Waals surface area contributed by atoms with Gasteiger partial charge >= 0.3 is 5.97 Å². The van der Waals surface area contributed by atoms with Crippen LogP contribution in [-0.4, -0.2) is 59.6 Å². The molecule has 2 aliphatic carbocycles. The Balaban J connectivity index is 2.03. The molecular formula is C22H36N2O5. The molecule has 2 N–H and O–H groups in total. The predicted molar refractivity (Wildman–Crippen MR) is 110 cm³/mol. The molecule has 0 radical (unpaired) electrons. The second-order valence-corrected chi connectivity index (χ2v) is 8.37. The number of ether oxygens (including phenoxy) is 1. The van der Waals surface area contributed by atoms with E-state index in [-0.39, 0.29) is 37.2 Å². The first-order valence-corrected chi connectivity index (χ1v) is 10.8. The second-order valence-electron chi connectivity index (χ2n) is 8.37. The Bertz CT molecular complexity index is 622. The number of carbonyl (C=O) groups excluding carboxylic acids is 3. The minimum atomic E-state index is -0.973. The van der Waals surface area contributed by atoms with Gasteiger partial charge < -0.3 is 20.1 Å². The maximum absolute atomic E-state index is 13.0. The number of rotatable bonds is 11. The van der Waals surface area contributed by atoms with Crippen LogP contribution in [0.1, 0.15) is 58.8 Å². The Morgan fingerprint density at radius 3 is 2.52 bits per heavy atom. The lowest BCUT2D eigenvalue weighted by molar-refractivity contribution is -0.150. The highest BCUT2D eigenvalue weighted by molar-refractivity contribution is 5.94. The van der Waals surface area contributed by atoms with Gasteiger partial charge in [0.2, 0.25) is 11.8 Å². The van der Waals surface area contributed by atoms with E-state index in [4.69, 9.17) is 4.74 Å². The van der Waals surface area contributed by atoms with E-state index in [0.717, 1.165) is 25.7 Å². The van der Waals surface area contributed by atoms with Crippen LogP contribution in [0.5, 0.6) is 0 Å². The summed E-state index contributed by atoms with van der Waals surface area (Å²) in [6.07, 6.45) is 5.74. The number of hydrogen-bond acceptors (Lipinski definition) is 5. The van der Waals surface area contributed by atoms with Crippen molar-refractivity contribution in [1.29, 1.82) is 0 Å². The minimum Gasteiger partial charge on any atom is -0.464 e. The first kappa shape index (κ1) is 23.4. The predicted octanol–water partition coefficient (Wildman–Crippen LogP) is 2.04. The smallest absolute Gasteiger partial charge is 0.332 e. The normalized spacial score (nSPS) is 30.5. The minimum absolute atomic E-state index is 0.0542. The van der Waals surface area contributed by atoms with Gasteiger partial charge in [-0.25, -0.2) is 4.79 Å². The summed E-state index contributed by atoms with van der Waals surface area (Å²) >= 11 is 0. The average Bonchev–Trinajstić information content (AvgIpc) is 3.27. The van der Waals surface area contributed by atoms with E-state index in [2.05, 4.69) is 11.9 Å². The van der Waals surface area contributed by atoms with Crippen LogP contribution in [0, 0.1) is 17.8 Å². The molecule has 2 saturated carbocycles. The van der Waals surface area contributed by atoms with Crippen LogP contribution in [0.2, 0.25) is 0 Å². The van der Waals surface area contributed by atoms with Gasteiger partial charge in [0.1, 0.15) is 5.54 Å². The van der Waals surface area contributed by atoms with Crippen molar-refractivity contribution in [3.05, 3.63) is 12.7 Å². The fraction of sp³-hybridized carbons (Fsp3) is 0.773. The third kappa shape index (κ3) is 5.38. The Morgan fingerprint density at radius 1 is 1.24 bits per heavy atom. The van der Waals surface area contributed by atoms with Crippen molar-refractivity contribution in [3.8, 4) is 0 Å². The lowest BCUT2D eigenvalue weighted by atomic mass is 9.93. The zero-order valence-electron chi connectivity index (χ0n) is 18.0. The summed E-state index contributed by atoms with van der Waals surface area (Å²) in [5.41, 5.74) is -0.973. The standard InChI is InChI=1S/C22H36N2O5/c1-5-8-9-10-11-24(4)20(27)18-13-16(25)12-17(18)19(26)23-22(14-15(22)6-2)21(28)29-7-3/h5,15-18,25H,1,6-14H2,2-4H3,(H,23,26)/t15-,16-,17-,18-,22-/m1/s1. The van der Waals surface area contributed by atoms with E-state index >= 15 is 0 Å². The Hall–Kier alpha value is -1.89. The van der Waals surface area contributed by atoms with Crippen LogP contribution in [0.25, 0.3) is 0 Å². The van der Waals surface area contributed by atoms with Crippen LogP contribution in [-0.2, 0) is 19.1 Å². The molecule has 0 saturated heterocycles. The topological polar surface area (TPSA) is 95.9 Å². The van der Waals surface area contributed by atoms with Crippen LogP contribution in [0.4, 0.5) is 0 Å². The summed E-state index contributed by atoms with van der Waals surface area (Å²) in [4.78, 5) is 40.1. The summed E-state index contributed by atoms with van der Waals surface area (Å²) in [5.74, 6) is -1.98. The Kier molecular flexibility index (Phi) is 8.25. The van der Waals surface area contributed by atoms with Crippen LogP contribution in [0.3, 0.4) is 0 Å². The molecule has 2 fully saturated rings. The fourth-order valence-corrected chi connectivity index (χ4v) is 4.45. The van der Waals surface area contributed by atoms with Gasteiger partial charge in [-0.2, -0.15) is 0 Å². The quantitative estimate of drug-likeness (QED) is 0.310. The van der Waals surface area contributed by atoms with Gasteiger partial charge in [0.05, 0.1) is 24.5 Å². The zero-order valence-corrected chi connectivity index (χ0v) is 18.0. The third-order valence-corrected chi connectivity index (χ3v) is 6.30. The number of amides is 2. The van der Waals surface area contributed by atoms with E-state index < -0.39 is 29.4 Å². The molecule has 0 aromatic heterocycles. The molecule has 0 aromatic rings. The summed E-state index contributed by atoms with van der Waals surface area (Å²) in [6, 6.07) is 0. The van der Waals surface area contributed by atoms with Crippen molar-refractivity contribution in [3.63, 3.8) is 0 Å². The molecule has 2 aliphatic rings. The highest BCUT2D eigenvalue weighted by Crippen LogP contribution is 2.47. The third-order valence-electron chi connectivity index (χ3n) is 6.30. The first-order chi connectivity index (χ1) is 13.8. The zero-order chi connectivity index (χ0) is 21.6. The number of hydrogen-bond donors (Lipinski definition) is 2. The van der Waals surface area contributed by atoms with Crippen molar-refractivity contribution in [2.75, 3.05) is 20.2 Å². The van der Waals surface area contributed by atoms with Crippen molar-refractivity contribution >= 4 is 17.8 Å². The van der Waals surface area contributed by atoms with Gasteiger partial charge in [0, 0.05) is 13.6 Å². The van der Waals surface area contributed by atoms with Crippen molar-refractivity contribution in [2.45, 2.75) is 70.4 Å². The molecule has 2 rings (SSSR count). The molecule has 0 aromatic carbocycles. The maximum Gasteiger partial charge on any atom is 0.332 e. The molecule has 7 nitrogen and oxygen atoms in total. The van der Waals surface area contributed by atoms with Crippen molar-refractivity contribution in [1.82, 2.24) is 10.2 Å². The van der Waals surface area contributed by atoms with Gasteiger partial charge in [-0.1, -0.05) is 19.4 Å². The van der Waals surface area contributed by atoms with Crippen molar-refractivity contribution in [2.24, 2.45) is 17.8 Å². The summed E-state index contributed by atoms with van der Waals surface area (Å²) in [5, 5.41) is 13.0. The number of nitrogens with zero attached hydrogens (tertiary/aromatic N) is 1. The molecule has 7 heteroatoms. The second kappa shape index (κ2) is 10.2. The van der Waals surface area contributed by atoms with Gasteiger partial charge in [0.25, 0.3) is 0 Å². The Labute approximate surface area is 173 Å². The number of nitrogens with one attached hydrogen (secondary N) is 1. The van der Waals surface area contributed by atoms with E-state index in [1.807, 2.05) is 13.0 Å². The number of allylic oxidation sites excluding steroid dienone is 1.